The first-order valence-electron chi connectivity index (χ1n) is 21.0. The van der Waals surface area contributed by atoms with E-state index in [1.165, 1.54) is 38.5 Å². The highest BCUT2D eigenvalue weighted by atomic mass is 16.5. The first-order valence-corrected chi connectivity index (χ1v) is 21.0. The second-order valence-corrected chi connectivity index (χ2v) is 16.9. The minimum atomic E-state index is -0.132. The second kappa shape index (κ2) is 12.6. The Morgan fingerprint density at radius 2 is 1.11 bits per heavy atom. The van der Waals surface area contributed by atoms with Gasteiger partial charge in [-0.05, 0) is 123 Å². The van der Waals surface area contributed by atoms with Crippen LogP contribution in [-0.2, 0) is 5.41 Å². The molecule has 11 aromatic rings. The highest BCUT2D eigenvalue weighted by molar-refractivity contribution is 6.14. The molecule has 0 atom stereocenters. The Kier molecular flexibility index (Phi) is 7.04. The van der Waals surface area contributed by atoms with Crippen molar-refractivity contribution < 1.29 is 9.15 Å². The van der Waals surface area contributed by atoms with E-state index in [1.54, 1.807) is 0 Å². The molecule has 4 heteroatoms. The average Bonchev–Trinajstić information content (AvgIpc) is 3.93. The van der Waals surface area contributed by atoms with Gasteiger partial charge < -0.3 is 18.6 Å². The number of para-hydroxylation sites is 4. The zero-order valence-electron chi connectivity index (χ0n) is 33.7. The summed E-state index contributed by atoms with van der Waals surface area (Å²) < 4.78 is 15.0. The quantitative estimate of drug-likeness (QED) is 0.174. The van der Waals surface area contributed by atoms with Crippen LogP contribution in [0.1, 0.15) is 25.0 Å². The van der Waals surface area contributed by atoms with E-state index in [1.807, 2.05) is 24.3 Å². The third-order valence-corrected chi connectivity index (χ3v) is 13.2. The molecule has 0 amide bonds. The van der Waals surface area contributed by atoms with Crippen LogP contribution in [0.25, 0.3) is 82.8 Å². The molecule has 0 unspecified atom stereocenters. The van der Waals surface area contributed by atoms with E-state index in [0.29, 0.717) is 0 Å². The minimum absolute atomic E-state index is 0.132. The Morgan fingerprint density at radius 3 is 2.05 bits per heavy atom. The Morgan fingerprint density at radius 1 is 0.443 bits per heavy atom. The summed E-state index contributed by atoms with van der Waals surface area (Å²) in [6.45, 7) is 4.70. The van der Waals surface area contributed by atoms with E-state index in [4.69, 9.17) is 9.15 Å². The minimum Gasteiger partial charge on any atom is -0.456 e. The number of aromatic nitrogens is 1. The van der Waals surface area contributed by atoms with Gasteiger partial charge in [0.1, 0.15) is 11.2 Å². The van der Waals surface area contributed by atoms with Gasteiger partial charge in [0, 0.05) is 44.0 Å². The summed E-state index contributed by atoms with van der Waals surface area (Å²) in [6, 6.07) is 70.1. The van der Waals surface area contributed by atoms with Gasteiger partial charge in [0.15, 0.2) is 11.5 Å². The number of hydrogen-bond acceptors (Lipinski definition) is 3. The predicted octanol–water partition coefficient (Wildman–Crippen LogP) is 15.9. The van der Waals surface area contributed by atoms with Crippen molar-refractivity contribution in [2.75, 3.05) is 4.90 Å². The summed E-state index contributed by atoms with van der Waals surface area (Å²) in [6.07, 6.45) is 0. The molecular weight excluding hydrogens is 745 g/mol. The van der Waals surface area contributed by atoms with Crippen LogP contribution in [0.2, 0.25) is 0 Å². The van der Waals surface area contributed by atoms with Crippen molar-refractivity contribution >= 4 is 60.8 Å². The molecule has 61 heavy (non-hydrogen) atoms. The molecule has 0 N–H and O–H groups in total. The van der Waals surface area contributed by atoms with Gasteiger partial charge in [-0.2, -0.15) is 0 Å². The molecular formula is C57H38N2O2. The SMILES string of the molecule is CC1(C)c2ccccc2-c2ccc(N(c3ccc(-c4cccc5oc6ccccc6c45)cc3)c3cccc(-c4ccc5c(c4)c4cccc6c4n5-c4ccccc4O6)c3)cc21. The topological polar surface area (TPSA) is 30.5 Å². The van der Waals surface area contributed by atoms with Crippen LogP contribution in [0.15, 0.2) is 199 Å². The van der Waals surface area contributed by atoms with Crippen molar-refractivity contribution in [2.24, 2.45) is 0 Å². The van der Waals surface area contributed by atoms with Crippen LogP contribution in [-0.4, -0.2) is 4.57 Å². The largest absolute Gasteiger partial charge is 0.456 e. The molecule has 2 aliphatic rings. The van der Waals surface area contributed by atoms with Crippen LogP contribution in [0.4, 0.5) is 17.1 Å². The summed E-state index contributed by atoms with van der Waals surface area (Å²) in [5, 5.41) is 4.66. The van der Waals surface area contributed by atoms with Gasteiger partial charge in [-0.15, -0.1) is 0 Å². The van der Waals surface area contributed by atoms with Gasteiger partial charge in [0.2, 0.25) is 0 Å². The maximum absolute atomic E-state index is 6.41. The van der Waals surface area contributed by atoms with Crippen molar-refractivity contribution in [3.05, 3.63) is 205 Å². The van der Waals surface area contributed by atoms with Crippen molar-refractivity contribution in [3.8, 4) is 50.6 Å². The molecule has 0 spiro atoms. The van der Waals surface area contributed by atoms with Crippen molar-refractivity contribution in [3.63, 3.8) is 0 Å². The molecule has 2 aromatic heterocycles. The smallest absolute Gasteiger partial charge is 0.152 e. The molecule has 288 valence electrons. The van der Waals surface area contributed by atoms with Crippen molar-refractivity contribution in [1.82, 2.24) is 4.57 Å². The van der Waals surface area contributed by atoms with Crippen LogP contribution >= 0.6 is 0 Å². The number of hydrogen-bond donors (Lipinski definition) is 0. The number of furan rings is 1. The normalized spacial score (nSPS) is 13.3. The monoisotopic (exact) mass is 782 g/mol. The number of fused-ring (bicyclic) bond motifs is 11. The molecule has 13 rings (SSSR count). The fourth-order valence-corrected chi connectivity index (χ4v) is 10.3. The molecule has 0 saturated carbocycles. The van der Waals surface area contributed by atoms with Gasteiger partial charge in [0.05, 0.1) is 16.7 Å². The Bertz CT molecular complexity index is 3610. The first kappa shape index (κ1) is 34.1. The standard InChI is InChI=1S/C57H38N2O2/c1-57(2)47-18-5-3-14-42(47)43-30-29-40(34-48(43)57)58(38-27-24-35(25-28-38)41-16-10-22-53-55(41)45-15-4-7-20-51(45)60-53)39-13-9-12-36(32-39)37-26-31-49-46(33-37)44-17-11-23-54-56(44)59(49)50-19-6-8-21-52(50)61-54/h3-34H,1-2H3. The molecule has 3 heterocycles. The maximum atomic E-state index is 6.41. The van der Waals surface area contributed by atoms with Gasteiger partial charge in [-0.25, -0.2) is 0 Å². The summed E-state index contributed by atoms with van der Waals surface area (Å²) in [4.78, 5) is 2.41. The number of anilines is 3. The van der Waals surface area contributed by atoms with E-state index in [2.05, 4.69) is 193 Å². The van der Waals surface area contributed by atoms with Gasteiger partial charge in [-0.3, -0.25) is 0 Å². The summed E-state index contributed by atoms with van der Waals surface area (Å²) in [5.41, 5.74) is 18.3. The highest BCUT2D eigenvalue weighted by Gasteiger charge is 2.36. The molecule has 9 aromatic carbocycles. The van der Waals surface area contributed by atoms with E-state index in [-0.39, 0.29) is 5.41 Å². The molecule has 1 aliphatic carbocycles. The van der Waals surface area contributed by atoms with Crippen molar-refractivity contribution in [2.45, 2.75) is 19.3 Å². The van der Waals surface area contributed by atoms with E-state index < -0.39 is 0 Å². The molecule has 0 bridgehead atoms. The number of ether oxygens (including phenoxy) is 1. The number of benzene rings is 9. The maximum Gasteiger partial charge on any atom is 0.152 e. The lowest BCUT2D eigenvalue weighted by molar-refractivity contribution is 0.476. The lowest BCUT2D eigenvalue weighted by atomic mass is 9.82. The molecule has 0 radical (unpaired) electrons. The molecule has 0 fully saturated rings. The fraction of sp³-hybridized carbons (Fsp3) is 0.0526. The molecule has 1 aliphatic heterocycles. The molecule has 4 nitrogen and oxygen atoms in total. The first-order chi connectivity index (χ1) is 30.0. The van der Waals surface area contributed by atoms with E-state index >= 15 is 0 Å². The molecule has 0 saturated heterocycles. The predicted molar refractivity (Wildman–Crippen MR) is 251 cm³/mol. The van der Waals surface area contributed by atoms with Crippen LogP contribution in [0.3, 0.4) is 0 Å². The Balaban J connectivity index is 0.961. The Labute approximate surface area is 353 Å². The van der Waals surface area contributed by atoms with Crippen LogP contribution in [0, 0.1) is 0 Å². The third kappa shape index (κ3) is 4.93. The zero-order chi connectivity index (χ0) is 40.4. The van der Waals surface area contributed by atoms with E-state index in [0.717, 1.165) is 84.0 Å². The summed E-state index contributed by atoms with van der Waals surface area (Å²) in [5.74, 6) is 1.75. The lowest BCUT2D eigenvalue weighted by Crippen LogP contribution is -2.16. The number of nitrogens with zero attached hydrogens (tertiary/aromatic N) is 2. The summed E-state index contributed by atoms with van der Waals surface area (Å²) in [7, 11) is 0. The third-order valence-electron chi connectivity index (χ3n) is 13.2. The van der Waals surface area contributed by atoms with E-state index in [9.17, 15) is 0 Å². The van der Waals surface area contributed by atoms with Gasteiger partial charge in [-0.1, -0.05) is 129 Å². The summed E-state index contributed by atoms with van der Waals surface area (Å²) >= 11 is 0. The van der Waals surface area contributed by atoms with Gasteiger partial charge >= 0.3 is 0 Å². The average molecular weight is 783 g/mol. The fourth-order valence-electron chi connectivity index (χ4n) is 10.3. The second-order valence-electron chi connectivity index (χ2n) is 16.9. The number of rotatable bonds is 5. The van der Waals surface area contributed by atoms with Crippen LogP contribution in [0.5, 0.6) is 11.5 Å². The Hall–Kier alpha value is -7.82. The van der Waals surface area contributed by atoms with Crippen molar-refractivity contribution in [1.29, 1.82) is 0 Å². The van der Waals surface area contributed by atoms with Crippen LogP contribution < -0.4 is 9.64 Å². The lowest BCUT2D eigenvalue weighted by Gasteiger charge is -2.28. The zero-order valence-corrected chi connectivity index (χ0v) is 33.7. The van der Waals surface area contributed by atoms with Gasteiger partial charge in [0.25, 0.3) is 0 Å². The highest BCUT2D eigenvalue weighted by Crippen LogP contribution is 2.51.